The summed E-state index contributed by atoms with van der Waals surface area (Å²) in [5.41, 5.74) is 0. The maximum absolute atomic E-state index is 5.26. The molecule has 0 amide bonds. The van der Waals surface area contributed by atoms with Crippen LogP contribution in [0.4, 0.5) is 0 Å². The Morgan fingerprint density at radius 2 is 2.19 bits per heavy atom. The molecule has 96 valence electrons. The van der Waals surface area contributed by atoms with Crippen molar-refractivity contribution in [2.24, 2.45) is 10.9 Å². The van der Waals surface area contributed by atoms with E-state index in [0.717, 1.165) is 38.1 Å². The monoisotopic (exact) mass is 341 g/mol. The van der Waals surface area contributed by atoms with Gasteiger partial charge in [0.15, 0.2) is 5.96 Å². The van der Waals surface area contributed by atoms with Gasteiger partial charge in [-0.1, -0.05) is 6.92 Å². The van der Waals surface area contributed by atoms with Gasteiger partial charge in [0.2, 0.25) is 0 Å². The zero-order valence-corrected chi connectivity index (χ0v) is 12.8. The van der Waals surface area contributed by atoms with E-state index in [-0.39, 0.29) is 24.0 Å². The van der Waals surface area contributed by atoms with Gasteiger partial charge < -0.3 is 15.4 Å². The molecule has 0 radical (unpaired) electrons. The summed E-state index contributed by atoms with van der Waals surface area (Å²) in [5.74, 6) is 1.72. The highest BCUT2D eigenvalue weighted by molar-refractivity contribution is 14.0. The first-order chi connectivity index (χ1) is 7.27. The lowest BCUT2D eigenvalue weighted by Crippen LogP contribution is -2.39. The van der Waals surface area contributed by atoms with Crippen LogP contribution in [0.1, 0.15) is 26.7 Å². The minimum atomic E-state index is 0. The number of guanidine groups is 1. The second-order valence-corrected chi connectivity index (χ2v) is 4.01. The molecular formula is C11H24IN3O. The summed E-state index contributed by atoms with van der Waals surface area (Å²) in [6.07, 6.45) is 2.29. The largest absolute Gasteiger partial charge is 0.382 e. The average molecular weight is 341 g/mol. The molecule has 0 aromatic carbocycles. The summed E-state index contributed by atoms with van der Waals surface area (Å²) in [6, 6.07) is 0.628. The van der Waals surface area contributed by atoms with Crippen LogP contribution in [0.25, 0.3) is 0 Å². The Balaban J connectivity index is 0.00000225. The highest BCUT2D eigenvalue weighted by Gasteiger charge is 2.32. The maximum atomic E-state index is 5.26. The SMILES string of the molecule is CCOCCCNC(=NC)NC1CC1C.I. The van der Waals surface area contributed by atoms with Gasteiger partial charge in [0.05, 0.1) is 0 Å². The fourth-order valence-corrected chi connectivity index (χ4v) is 1.42. The molecule has 0 heterocycles. The Kier molecular flexibility index (Phi) is 9.02. The fraction of sp³-hybridized carbons (Fsp3) is 0.909. The predicted molar refractivity (Wildman–Crippen MR) is 78.6 cm³/mol. The normalized spacial score (nSPS) is 23.6. The van der Waals surface area contributed by atoms with Gasteiger partial charge >= 0.3 is 0 Å². The molecule has 0 bridgehead atoms. The lowest BCUT2D eigenvalue weighted by Gasteiger charge is -2.11. The maximum Gasteiger partial charge on any atom is 0.191 e. The Morgan fingerprint density at radius 1 is 1.50 bits per heavy atom. The van der Waals surface area contributed by atoms with Crippen LogP contribution in [-0.4, -0.2) is 38.8 Å². The average Bonchev–Trinajstić information content (AvgIpc) is 2.92. The van der Waals surface area contributed by atoms with E-state index in [4.69, 9.17) is 4.74 Å². The number of ether oxygens (including phenoxy) is 1. The van der Waals surface area contributed by atoms with Crippen LogP contribution < -0.4 is 10.6 Å². The third-order valence-electron chi connectivity index (χ3n) is 2.62. The lowest BCUT2D eigenvalue weighted by molar-refractivity contribution is 0.145. The van der Waals surface area contributed by atoms with Crippen LogP contribution in [-0.2, 0) is 4.74 Å². The van der Waals surface area contributed by atoms with Gasteiger partial charge in [-0.05, 0) is 25.7 Å². The van der Waals surface area contributed by atoms with E-state index < -0.39 is 0 Å². The molecule has 1 aliphatic rings. The quantitative estimate of drug-likeness (QED) is 0.334. The van der Waals surface area contributed by atoms with Crippen LogP contribution in [0.2, 0.25) is 0 Å². The van der Waals surface area contributed by atoms with Gasteiger partial charge in [0.25, 0.3) is 0 Å². The van der Waals surface area contributed by atoms with Gasteiger partial charge in [-0.3, -0.25) is 4.99 Å². The molecule has 4 nitrogen and oxygen atoms in total. The van der Waals surface area contributed by atoms with E-state index in [1.54, 1.807) is 0 Å². The summed E-state index contributed by atoms with van der Waals surface area (Å²) >= 11 is 0. The standard InChI is InChI=1S/C11H23N3O.HI/c1-4-15-7-5-6-13-11(12-3)14-10-8-9(10)2;/h9-10H,4-8H2,1-3H3,(H2,12,13,14);1H. The molecule has 0 saturated heterocycles. The molecule has 5 heteroatoms. The van der Waals surface area contributed by atoms with Crippen molar-refractivity contribution >= 4 is 29.9 Å². The number of halogens is 1. The minimum absolute atomic E-state index is 0. The second-order valence-electron chi connectivity index (χ2n) is 4.01. The van der Waals surface area contributed by atoms with Crippen molar-refractivity contribution in [3.8, 4) is 0 Å². The van der Waals surface area contributed by atoms with Gasteiger partial charge in [-0.2, -0.15) is 0 Å². The number of aliphatic imine (C=N–C) groups is 1. The van der Waals surface area contributed by atoms with E-state index in [1.165, 1.54) is 6.42 Å². The van der Waals surface area contributed by atoms with Crippen molar-refractivity contribution < 1.29 is 4.74 Å². The van der Waals surface area contributed by atoms with Crippen LogP contribution in [0.3, 0.4) is 0 Å². The van der Waals surface area contributed by atoms with Crippen LogP contribution in [0.5, 0.6) is 0 Å². The van der Waals surface area contributed by atoms with E-state index in [0.29, 0.717) is 6.04 Å². The topological polar surface area (TPSA) is 45.6 Å². The summed E-state index contributed by atoms with van der Waals surface area (Å²) < 4.78 is 5.26. The molecule has 1 rings (SSSR count). The van der Waals surface area contributed by atoms with E-state index in [9.17, 15) is 0 Å². The van der Waals surface area contributed by atoms with Crippen molar-refractivity contribution in [3.05, 3.63) is 0 Å². The molecule has 1 aliphatic carbocycles. The number of nitrogens with one attached hydrogen (secondary N) is 2. The van der Waals surface area contributed by atoms with Gasteiger partial charge in [-0.15, -0.1) is 24.0 Å². The van der Waals surface area contributed by atoms with Crippen molar-refractivity contribution in [1.29, 1.82) is 0 Å². The molecule has 0 aromatic rings. The smallest absolute Gasteiger partial charge is 0.191 e. The number of hydrogen-bond donors (Lipinski definition) is 2. The highest BCUT2D eigenvalue weighted by Crippen LogP contribution is 2.28. The molecule has 0 aromatic heterocycles. The Bertz CT molecular complexity index is 211. The third kappa shape index (κ3) is 6.52. The summed E-state index contributed by atoms with van der Waals surface area (Å²) in [4.78, 5) is 4.17. The first-order valence-electron chi connectivity index (χ1n) is 5.82. The second kappa shape index (κ2) is 9.04. The Labute approximate surface area is 116 Å². The van der Waals surface area contributed by atoms with Crippen LogP contribution in [0, 0.1) is 5.92 Å². The summed E-state index contributed by atoms with van der Waals surface area (Å²) in [7, 11) is 1.81. The molecule has 16 heavy (non-hydrogen) atoms. The zero-order valence-electron chi connectivity index (χ0n) is 10.5. The summed E-state index contributed by atoms with van der Waals surface area (Å²) in [6.45, 7) is 6.80. The highest BCUT2D eigenvalue weighted by atomic mass is 127. The van der Waals surface area contributed by atoms with Crippen molar-refractivity contribution in [1.82, 2.24) is 10.6 Å². The van der Waals surface area contributed by atoms with Crippen LogP contribution >= 0.6 is 24.0 Å². The van der Waals surface area contributed by atoms with E-state index >= 15 is 0 Å². The number of rotatable bonds is 6. The van der Waals surface area contributed by atoms with Gasteiger partial charge in [0.1, 0.15) is 0 Å². The van der Waals surface area contributed by atoms with Gasteiger partial charge in [-0.25, -0.2) is 0 Å². The lowest BCUT2D eigenvalue weighted by atomic mass is 10.4. The first kappa shape index (κ1) is 16.0. The van der Waals surface area contributed by atoms with E-state index in [1.807, 2.05) is 14.0 Å². The Morgan fingerprint density at radius 3 is 2.69 bits per heavy atom. The molecule has 2 unspecified atom stereocenters. The number of hydrogen-bond acceptors (Lipinski definition) is 2. The van der Waals surface area contributed by atoms with Crippen molar-refractivity contribution in [3.63, 3.8) is 0 Å². The molecular weight excluding hydrogens is 317 g/mol. The zero-order chi connectivity index (χ0) is 11.1. The minimum Gasteiger partial charge on any atom is -0.382 e. The first-order valence-corrected chi connectivity index (χ1v) is 5.82. The van der Waals surface area contributed by atoms with E-state index in [2.05, 4.69) is 22.5 Å². The van der Waals surface area contributed by atoms with Crippen molar-refractivity contribution in [2.75, 3.05) is 26.8 Å². The third-order valence-corrected chi connectivity index (χ3v) is 2.62. The van der Waals surface area contributed by atoms with Crippen molar-refractivity contribution in [2.45, 2.75) is 32.7 Å². The summed E-state index contributed by atoms with van der Waals surface area (Å²) in [5, 5.41) is 6.66. The molecule has 2 atom stereocenters. The predicted octanol–water partition coefficient (Wildman–Crippen LogP) is 1.60. The number of nitrogens with zero attached hydrogens (tertiary/aromatic N) is 1. The molecule has 0 spiro atoms. The molecule has 1 saturated carbocycles. The molecule has 1 fully saturated rings. The van der Waals surface area contributed by atoms with Crippen LogP contribution in [0.15, 0.2) is 4.99 Å². The Hall–Kier alpha value is -0.0400. The molecule has 2 N–H and O–H groups in total. The molecule has 0 aliphatic heterocycles. The fourth-order valence-electron chi connectivity index (χ4n) is 1.42. The van der Waals surface area contributed by atoms with Gasteiger partial charge in [0, 0.05) is 32.8 Å².